The maximum Gasteiger partial charge on any atom is 0.0757 e. The molecule has 4 heteroatoms. The smallest absolute Gasteiger partial charge is 0.0757 e. The first-order valence-electron chi connectivity index (χ1n) is 3.56. The molecule has 0 unspecified atom stereocenters. The SMILES string of the molecule is Cc1cnccc1-c1cnns1. The molecule has 0 spiro atoms. The number of nitrogens with zero attached hydrogens (tertiary/aromatic N) is 3. The van der Waals surface area contributed by atoms with E-state index in [-0.39, 0.29) is 0 Å². The van der Waals surface area contributed by atoms with Crippen molar-refractivity contribution < 1.29 is 0 Å². The molecule has 2 heterocycles. The van der Waals surface area contributed by atoms with E-state index in [1.54, 1.807) is 12.4 Å². The second-order valence-electron chi connectivity index (χ2n) is 2.47. The summed E-state index contributed by atoms with van der Waals surface area (Å²) in [5.41, 5.74) is 2.32. The van der Waals surface area contributed by atoms with Crippen molar-refractivity contribution in [3.8, 4) is 10.4 Å². The predicted octanol–water partition coefficient (Wildman–Crippen LogP) is 1.91. The first kappa shape index (κ1) is 7.36. The van der Waals surface area contributed by atoms with Crippen molar-refractivity contribution in [2.75, 3.05) is 0 Å². The molecule has 0 saturated heterocycles. The fourth-order valence-corrected chi connectivity index (χ4v) is 1.64. The molecule has 0 aliphatic carbocycles. The molecule has 2 aromatic rings. The van der Waals surface area contributed by atoms with E-state index in [1.807, 2.05) is 19.2 Å². The topological polar surface area (TPSA) is 38.7 Å². The van der Waals surface area contributed by atoms with Gasteiger partial charge in [-0.2, -0.15) is 0 Å². The van der Waals surface area contributed by atoms with Crippen molar-refractivity contribution in [3.63, 3.8) is 0 Å². The molecule has 12 heavy (non-hydrogen) atoms. The van der Waals surface area contributed by atoms with Crippen molar-refractivity contribution in [1.82, 2.24) is 14.6 Å². The lowest BCUT2D eigenvalue weighted by molar-refractivity contribution is 1.16. The zero-order valence-corrected chi connectivity index (χ0v) is 7.38. The van der Waals surface area contributed by atoms with Crippen LogP contribution >= 0.6 is 11.5 Å². The van der Waals surface area contributed by atoms with Crippen LogP contribution in [-0.2, 0) is 0 Å². The number of rotatable bonds is 1. The maximum absolute atomic E-state index is 4.02. The predicted molar refractivity (Wildman–Crippen MR) is 47.9 cm³/mol. The lowest BCUT2D eigenvalue weighted by Crippen LogP contribution is -1.80. The second-order valence-corrected chi connectivity index (χ2v) is 3.26. The summed E-state index contributed by atoms with van der Waals surface area (Å²) in [5, 5.41) is 3.79. The first-order chi connectivity index (χ1) is 5.88. The molecule has 0 atom stereocenters. The lowest BCUT2D eigenvalue weighted by Gasteiger charge is -1.98. The number of pyridine rings is 1. The summed E-state index contributed by atoms with van der Waals surface area (Å²) < 4.78 is 3.81. The van der Waals surface area contributed by atoms with Crippen LogP contribution in [0.3, 0.4) is 0 Å². The molecule has 0 aliphatic heterocycles. The van der Waals surface area contributed by atoms with Gasteiger partial charge in [0, 0.05) is 18.0 Å². The molecule has 3 nitrogen and oxygen atoms in total. The van der Waals surface area contributed by atoms with Crippen LogP contribution in [0.4, 0.5) is 0 Å². The third kappa shape index (κ3) is 1.21. The van der Waals surface area contributed by atoms with E-state index in [0.717, 1.165) is 10.4 Å². The third-order valence-electron chi connectivity index (χ3n) is 1.65. The Morgan fingerprint density at radius 3 is 2.92 bits per heavy atom. The lowest BCUT2D eigenvalue weighted by atomic mass is 10.1. The van der Waals surface area contributed by atoms with E-state index >= 15 is 0 Å². The standard InChI is InChI=1S/C8H7N3S/c1-6-4-9-3-2-7(6)8-5-10-11-12-8/h2-5H,1H3. The van der Waals surface area contributed by atoms with E-state index < -0.39 is 0 Å². The Kier molecular flexibility index (Phi) is 1.83. The third-order valence-corrected chi connectivity index (χ3v) is 2.35. The van der Waals surface area contributed by atoms with Crippen LogP contribution in [0, 0.1) is 6.92 Å². The van der Waals surface area contributed by atoms with Crippen LogP contribution in [0.2, 0.25) is 0 Å². The van der Waals surface area contributed by atoms with Crippen molar-refractivity contribution in [2.24, 2.45) is 0 Å². The fraction of sp³-hybridized carbons (Fsp3) is 0.125. The number of hydrogen-bond donors (Lipinski definition) is 0. The molecule has 0 bridgehead atoms. The van der Waals surface area contributed by atoms with Gasteiger partial charge in [0.15, 0.2) is 0 Å². The van der Waals surface area contributed by atoms with E-state index in [4.69, 9.17) is 0 Å². The Balaban J connectivity index is 2.55. The van der Waals surface area contributed by atoms with E-state index in [9.17, 15) is 0 Å². The van der Waals surface area contributed by atoms with Crippen molar-refractivity contribution >= 4 is 11.5 Å². The van der Waals surface area contributed by atoms with E-state index in [0.29, 0.717) is 0 Å². The number of aryl methyl sites for hydroxylation is 1. The average molecular weight is 177 g/mol. The number of aromatic nitrogens is 3. The van der Waals surface area contributed by atoms with Gasteiger partial charge in [0.1, 0.15) is 0 Å². The van der Waals surface area contributed by atoms with Gasteiger partial charge in [-0.1, -0.05) is 4.49 Å². The van der Waals surface area contributed by atoms with Crippen LogP contribution in [0.25, 0.3) is 10.4 Å². The van der Waals surface area contributed by atoms with Crippen molar-refractivity contribution in [2.45, 2.75) is 6.92 Å². The normalized spacial score (nSPS) is 10.1. The molecule has 2 rings (SSSR count). The van der Waals surface area contributed by atoms with E-state index in [1.165, 1.54) is 17.1 Å². The molecular formula is C8H7N3S. The molecule has 0 fully saturated rings. The van der Waals surface area contributed by atoms with Gasteiger partial charge >= 0.3 is 0 Å². The minimum atomic E-state index is 1.09. The molecular weight excluding hydrogens is 170 g/mol. The minimum Gasteiger partial charge on any atom is -0.264 e. The highest BCUT2D eigenvalue weighted by Gasteiger charge is 2.02. The summed E-state index contributed by atoms with van der Waals surface area (Å²) in [5.74, 6) is 0. The fourth-order valence-electron chi connectivity index (χ4n) is 1.04. The van der Waals surface area contributed by atoms with Crippen molar-refractivity contribution in [3.05, 3.63) is 30.2 Å². The Labute approximate surface area is 74.3 Å². The summed E-state index contributed by atoms with van der Waals surface area (Å²) in [4.78, 5) is 5.11. The van der Waals surface area contributed by atoms with Gasteiger partial charge in [-0.25, -0.2) is 0 Å². The molecule has 2 aromatic heterocycles. The highest BCUT2D eigenvalue weighted by Crippen LogP contribution is 2.23. The van der Waals surface area contributed by atoms with Gasteiger partial charge in [-0.05, 0) is 30.1 Å². The molecule has 60 valence electrons. The summed E-state index contributed by atoms with van der Waals surface area (Å²) in [6, 6.07) is 1.98. The van der Waals surface area contributed by atoms with Gasteiger partial charge in [-0.3, -0.25) is 4.98 Å². The van der Waals surface area contributed by atoms with Crippen LogP contribution in [0.5, 0.6) is 0 Å². The monoisotopic (exact) mass is 177 g/mol. The number of hydrogen-bond acceptors (Lipinski definition) is 4. The Hall–Kier alpha value is -1.29. The summed E-state index contributed by atoms with van der Waals surface area (Å²) in [7, 11) is 0. The van der Waals surface area contributed by atoms with Gasteiger partial charge < -0.3 is 0 Å². The summed E-state index contributed by atoms with van der Waals surface area (Å²) in [6.45, 7) is 2.03. The molecule has 0 aromatic carbocycles. The van der Waals surface area contributed by atoms with Crippen LogP contribution < -0.4 is 0 Å². The molecule has 0 amide bonds. The van der Waals surface area contributed by atoms with E-state index in [2.05, 4.69) is 14.6 Å². The van der Waals surface area contributed by atoms with Gasteiger partial charge in [0.05, 0.1) is 11.1 Å². The van der Waals surface area contributed by atoms with Crippen LogP contribution in [-0.4, -0.2) is 14.6 Å². The quantitative estimate of drug-likeness (QED) is 0.667. The van der Waals surface area contributed by atoms with Crippen LogP contribution in [0.15, 0.2) is 24.7 Å². The zero-order chi connectivity index (χ0) is 8.39. The Morgan fingerprint density at radius 1 is 1.33 bits per heavy atom. The molecule has 0 radical (unpaired) electrons. The average Bonchev–Trinajstić information content (AvgIpc) is 2.57. The van der Waals surface area contributed by atoms with Gasteiger partial charge in [-0.15, -0.1) is 5.10 Å². The molecule has 0 N–H and O–H groups in total. The summed E-state index contributed by atoms with van der Waals surface area (Å²) in [6.07, 6.45) is 5.39. The molecule has 0 saturated carbocycles. The summed E-state index contributed by atoms with van der Waals surface area (Å²) >= 11 is 1.40. The van der Waals surface area contributed by atoms with Gasteiger partial charge in [0.25, 0.3) is 0 Å². The largest absolute Gasteiger partial charge is 0.264 e. The zero-order valence-electron chi connectivity index (χ0n) is 6.56. The molecule has 0 aliphatic rings. The Bertz CT molecular complexity index is 370. The maximum atomic E-state index is 4.02. The first-order valence-corrected chi connectivity index (χ1v) is 4.33. The minimum absolute atomic E-state index is 1.09. The highest BCUT2D eigenvalue weighted by molar-refractivity contribution is 7.09. The second kappa shape index (κ2) is 2.98. The van der Waals surface area contributed by atoms with Crippen molar-refractivity contribution in [1.29, 1.82) is 0 Å². The van der Waals surface area contributed by atoms with Crippen LogP contribution in [0.1, 0.15) is 5.56 Å². The Morgan fingerprint density at radius 2 is 2.25 bits per heavy atom. The highest BCUT2D eigenvalue weighted by atomic mass is 32.1. The van der Waals surface area contributed by atoms with Gasteiger partial charge in [0.2, 0.25) is 0 Å².